The summed E-state index contributed by atoms with van der Waals surface area (Å²) in [6.07, 6.45) is 5.87. The van der Waals surface area contributed by atoms with Crippen LogP contribution in [0.3, 0.4) is 0 Å². The molecule has 2 amide bonds. The van der Waals surface area contributed by atoms with Gasteiger partial charge in [-0.1, -0.05) is 64.8 Å². The van der Waals surface area contributed by atoms with Crippen LogP contribution in [-0.4, -0.2) is 96.6 Å². The zero-order valence-corrected chi connectivity index (χ0v) is 24.5. The molecule has 41 heavy (non-hydrogen) atoms. The van der Waals surface area contributed by atoms with Crippen LogP contribution in [0.1, 0.15) is 32.1 Å². The van der Waals surface area contributed by atoms with Crippen LogP contribution in [0.5, 0.6) is 0 Å². The van der Waals surface area contributed by atoms with Gasteiger partial charge >= 0.3 is 5.97 Å². The minimum absolute atomic E-state index is 0.0266. The van der Waals surface area contributed by atoms with Crippen LogP contribution in [0.25, 0.3) is 11.0 Å². The van der Waals surface area contributed by atoms with Crippen LogP contribution in [0.2, 0.25) is 0 Å². The number of para-hydroxylation sites is 1. The van der Waals surface area contributed by atoms with Gasteiger partial charge in [-0.05, 0) is 31.4 Å². The van der Waals surface area contributed by atoms with Gasteiger partial charge in [-0.3, -0.25) is 14.4 Å². The Kier molecular flexibility index (Phi) is 8.91. The number of carbonyl (C=O) groups is 3. The molecule has 6 atom stereocenters. The molecule has 0 aliphatic carbocycles. The van der Waals surface area contributed by atoms with E-state index in [-0.39, 0.29) is 43.1 Å². The number of rotatable bonds is 14. The first-order valence-electron chi connectivity index (χ1n) is 14.1. The Morgan fingerprint density at radius 3 is 2.76 bits per heavy atom. The first kappa shape index (κ1) is 29.4. The Morgan fingerprint density at radius 2 is 2.00 bits per heavy atom. The van der Waals surface area contributed by atoms with Crippen molar-refractivity contribution in [3.8, 4) is 0 Å². The molecule has 5 rings (SSSR count). The fourth-order valence-corrected chi connectivity index (χ4v) is 7.58. The molecular weight excluding hydrogens is 594 g/mol. The third kappa shape index (κ3) is 5.21. The average molecular weight is 631 g/mol. The molecule has 1 spiro atoms. The number of alkyl halides is 1. The number of benzene rings is 1. The lowest BCUT2D eigenvalue weighted by Gasteiger charge is -2.37. The van der Waals surface area contributed by atoms with E-state index in [4.69, 9.17) is 14.6 Å². The molecule has 0 radical (unpaired) electrons. The molecule has 2 aromatic rings. The van der Waals surface area contributed by atoms with Crippen LogP contribution in [0.4, 0.5) is 0 Å². The van der Waals surface area contributed by atoms with Crippen molar-refractivity contribution < 1.29 is 29.0 Å². The second-order valence-electron chi connectivity index (χ2n) is 10.8. The highest BCUT2D eigenvalue weighted by Crippen LogP contribution is 2.60. The summed E-state index contributed by atoms with van der Waals surface area (Å²) < 4.78 is 13.6. The van der Waals surface area contributed by atoms with Gasteiger partial charge < -0.3 is 24.4 Å². The van der Waals surface area contributed by atoms with E-state index in [1.165, 1.54) is 6.08 Å². The molecule has 0 saturated carbocycles. The molecule has 3 aliphatic rings. The molecule has 3 aliphatic heterocycles. The van der Waals surface area contributed by atoms with Crippen LogP contribution in [-0.2, 0) is 30.5 Å². The van der Waals surface area contributed by atoms with E-state index in [2.05, 4.69) is 39.4 Å². The van der Waals surface area contributed by atoms with Gasteiger partial charge in [-0.15, -0.1) is 11.7 Å². The second-order valence-corrected chi connectivity index (χ2v) is 12.0. The lowest BCUT2D eigenvalue weighted by molar-refractivity contribution is -0.154. The number of hydrogen-bond acceptors (Lipinski definition) is 8. The largest absolute Gasteiger partial charge is 0.461 e. The number of halogens is 1. The van der Waals surface area contributed by atoms with E-state index in [0.29, 0.717) is 31.3 Å². The van der Waals surface area contributed by atoms with Crippen LogP contribution < -0.4 is 0 Å². The van der Waals surface area contributed by atoms with Crippen LogP contribution in [0.15, 0.2) is 49.6 Å². The molecular formula is C29H36BrN5O6. The Hall–Kier alpha value is -3.09. The molecule has 1 N–H and O–H groups in total. The Labute approximate surface area is 247 Å². The van der Waals surface area contributed by atoms with Crippen molar-refractivity contribution in [3.63, 3.8) is 0 Å². The van der Waals surface area contributed by atoms with Gasteiger partial charge in [0.2, 0.25) is 11.8 Å². The van der Waals surface area contributed by atoms with E-state index in [1.54, 1.807) is 20.6 Å². The van der Waals surface area contributed by atoms with Gasteiger partial charge in [0.1, 0.15) is 30.4 Å². The SMILES string of the molecule is C=CCOC(=O)[C@H]1[C@H]2C(=O)N(CCCCCCO)C(C(=O)N(CC=C)Cn3nnc4ccccc43)C23CC(Br)[C@@H]1O3. The summed E-state index contributed by atoms with van der Waals surface area (Å²) in [5.41, 5.74) is 0.301. The average Bonchev–Trinajstić information content (AvgIpc) is 3.68. The van der Waals surface area contributed by atoms with E-state index < -0.39 is 35.6 Å². The van der Waals surface area contributed by atoms with Gasteiger partial charge in [-0.2, -0.15) is 0 Å². The third-order valence-corrected chi connectivity index (χ3v) is 9.18. The van der Waals surface area contributed by atoms with Crippen LogP contribution >= 0.6 is 15.9 Å². The summed E-state index contributed by atoms with van der Waals surface area (Å²) in [4.78, 5) is 44.9. The number of carbonyl (C=O) groups excluding carboxylic acids is 3. The molecule has 11 nitrogen and oxygen atoms in total. The van der Waals surface area contributed by atoms with Crippen molar-refractivity contribution in [2.75, 3.05) is 26.3 Å². The highest BCUT2D eigenvalue weighted by molar-refractivity contribution is 9.09. The minimum atomic E-state index is -1.18. The standard InChI is InChI=1S/C29H36BrN5O6/c1-3-13-33(18-35-21-12-8-7-11-20(21)31-32-35)27(38)25-29-17-19(30)24(41-29)22(28(39)40-16-4-2)23(29)26(37)34(25)14-9-5-6-10-15-36/h3-4,7-8,11-12,19,22-25,36H,1-2,5-6,9-10,13-18H2/t19?,22-,23-,24-,25?,29?/m0/s1. The number of aliphatic hydroxyl groups excluding tert-OH is 1. The number of likely N-dealkylation sites (tertiary alicyclic amines) is 1. The molecule has 3 unspecified atom stereocenters. The number of aliphatic hydroxyl groups is 1. The molecule has 1 aromatic carbocycles. The third-order valence-electron chi connectivity index (χ3n) is 8.33. The van der Waals surface area contributed by atoms with Gasteiger partial charge in [0.25, 0.3) is 0 Å². The zero-order chi connectivity index (χ0) is 29.1. The first-order chi connectivity index (χ1) is 19.9. The normalized spacial score (nSPS) is 28.2. The smallest absolute Gasteiger partial charge is 0.312 e. The number of unbranched alkanes of at least 4 members (excludes halogenated alkanes) is 3. The quantitative estimate of drug-likeness (QED) is 0.146. The molecule has 3 fully saturated rings. The number of esters is 1. The maximum atomic E-state index is 14.5. The van der Waals surface area contributed by atoms with Crippen molar-refractivity contribution >= 4 is 44.7 Å². The number of fused-ring (bicyclic) bond motifs is 2. The predicted molar refractivity (Wildman–Crippen MR) is 154 cm³/mol. The summed E-state index contributed by atoms with van der Waals surface area (Å²) in [6.45, 7) is 8.26. The number of ether oxygens (including phenoxy) is 2. The van der Waals surface area contributed by atoms with Gasteiger partial charge in [0.15, 0.2) is 0 Å². The number of hydrogen-bond donors (Lipinski definition) is 1. The molecule has 2 bridgehead atoms. The van der Waals surface area contributed by atoms with Gasteiger partial charge in [0.05, 0.1) is 23.5 Å². The fourth-order valence-electron chi connectivity index (χ4n) is 6.63. The summed E-state index contributed by atoms with van der Waals surface area (Å²) >= 11 is 3.67. The Morgan fingerprint density at radius 1 is 1.22 bits per heavy atom. The van der Waals surface area contributed by atoms with E-state index in [0.717, 1.165) is 18.4 Å². The van der Waals surface area contributed by atoms with Crippen molar-refractivity contribution in [1.82, 2.24) is 24.8 Å². The fraction of sp³-hybridized carbons (Fsp3) is 0.552. The number of nitrogens with zero attached hydrogens (tertiary/aromatic N) is 5. The topological polar surface area (TPSA) is 127 Å². The molecule has 1 aromatic heterocycles. The Bertz CT molecular complexity index is 1320. The second kappa shape index (κ2) is 12.4. The first-order valence-corrected chi connectivity index (χ1v) is 15.0. The van der Waals surface area contributed by atoms with Crippen molar-refractivity contribution in [2.24, 2.45) is 11.8 Å². The number of aromatic nitrogens is 3. The van der Waals surface area contributed by atoms with Crippen molar-refractivity contribution in [2.45, 2.75) is 61.3 Å². The lowest BCUT2D eigenvalue weighted by atomic mass is 9.70. The predicted octanol–water partition coefficient (Wildman–Crippen LogP) is 2.43. The Balaban J connectivity index is 1.49. The van der Waals surface area contributed by atoms with E-state index in [1.807, 2.05) is 24.3 Å². The van der Waals surface area contributed by atoms with Gasteiger partial charge in [-0.25, -0.2) is 4.68 Å². The molecule has 12 heteroatoms. The summed E-state index contributed by atoms with van der Waals surface area (Å²) in [6, 6.07) is 6.55. The lowest BCUT2D eigenvalue weighted by Crippen LogP contribution is -2.57. The van der Waals surface area contributed by atoms with Gasteiger partial charge in [0, 0.05) is 24.5 Å². The molecule has 4 heterocycles. The summed E-state index contributed by atoms with van der Waals surface area (Å²) in [7, 11) is 0. The summed E-state index contributed by atoms with van der Waals surface area (Å²) in [5.74, 6) is -2.74. The number of amides is 2. The molecule has 3 saturated heterocycles. The maximum Gasteiger partial charge on any atom is 0.312 e. The monoisotopic (exact) mass is 629 g/mol. The maximum absolute atomic E-state index is 14.5. The highest BCUT2D eigenvalue weighted by atomic mass is 79.9. The van der Waals surface area contributed by atoms with E-state index >= 15 is 0 Å². The van der Waals surface area contributed by atoms with E-state index in [9.17, 15) is 14.4 Å². The van der Waals surface area contributed by atoms with Crippen molar-refractivity contribution in [3.05, 3.63) is 49.6 Å². The zero-order valence-electron chi connectivity index (χ0n) is 22.9. The highest BCUT2D eigenvalue weighted by Gasteiger charge is 2.77. The van der Waals surface area contributed by atoms with Crippen molar-refractivity contribution in [1.29, 1.82) is 0 Å². The molecule has 220 valence electrons. The minimum Gasteiger partial charge on any atom is -0.461 e. The van der Waals surface area contributed by atoms with Crippen LogP contribution in [0, 0.1) is 11.8 Å². The summed E-state index contributed by atoms with van der Waals surface area (Å²) in [5, 5.41) is 17.6.